The van der Waals surface area contributed by atoms with E-state index in [0.29, 0.717) is 37.2 Å². The summed E-state index contributed by atoms with van der Waals surface area (Å²) in [4.78, 5) is 25.4. The van der Waals surface area contributed by atoms with E-state index in [1.165, 1.54) is 0 Å². The number of hydrogen-bond donors (Lipinski definition) is 2. The first kappa shape index (κ1) is 23.4. The van der Waals surface area contributed by atoms with Gasteiger partial charge in [0, 0.05) is 36.2 Å². The molecule has 0 saturated carbocycles. The Kier molecular flexibility index (Phi) is 7.81. The van der Waals surface area contributed by atoms with Crippen LogP contribution in [0.2, 0.25) is 0 Å². The number of carbonyl (C=O) groups is 2. The first-order valence-corrected chi connectivity index (χ1v) is 11.7. The predicted molar refractivity (Wildman–Crippen MR) is 132 cm³/mol. The lowest BCUT2D eigenvalue weighted by Crippen LogP contribution is -2.24. The highest BCUT2D eigenvalue weighted by Gasteiger charge is 2.14. The zero-order valence-corrected chi connectivity index (χ0v) is 19.4. The highest BCUT2D eigenvalue weighted by molar-refractivity contribution is 5.95. The van der Waals surface area contributed by atoms with Crippen molar-refractivity contribution in [3.63, 3.8) is 0 Å². The largest absolute Gasteiger partial charge is 0.496 e. The van der Waals surface area contributed by atoms with Crippen molar-refractivity contribution in [2.24, 2.45) is 0 Å². The molecular weight excluding hydrogens is 428 g/mol. The fourth-order valence-corrected chi connectivity index (χ4v) is 4.06. The van der Waals surface area contributed by atoms with Crippen molar-refractivity contribution < 1.29 is 19.1 Å². The molecule has 0 saturated heterocycles. The fraction of sp³-hybridized carbons (Fsp3) is 0.286. The Morgan fingerprint density at radius 2 is 1.91 bits per heavy atom. The third kappa shape index (κ3) is 5.95. The first-order valence-electron chi connectivity index (χ1n) is 11.7. The lowest BCUT2D eigenvalue weighted by atomic mass is 9.99. The van der Waals surface area contributed by atoms with E-state index in [0.717, 1.165) is 47.5 Å². The van der Waals surface area contributed by atoms with E-state index in [1.54, 1.807) is 13.2 Å². The van der Waals surface area contributed by atoms with Gasteiger partial charge >= 0.3 is 0 Å². The molecule has 34 heavy (non-hydrogen) atoms. The van der Waals surface area contributed by atoms with Crippen molar-refractivity contribution in [2.45, 2.75) is 32.2 Å². The summed E-state index contributed by atoms with van der Waals surface area (Å²) in [6.07, 6.45) is 3.35. The van der Waals surface area contributed by atoms with E-state index < -0.39 is 0 Å². The van der Waals surface area contributed by atoms with Gasteiger partial charge in [0.25, 0.3) is 11.8 Å². The number of para-hydroxylation sites is 1. The summed E-state index contributed by atoms with van der Waals surface area (Å²) in [7, 11) is 1.62. The van der Waals surface area contributed by atoms with Crippen LogP contribution in [0.1, 0.15) is 56.7 Å². The number of carbonyl (C=O) groups excluding carboxylic acids is 2. The second kappa shape index (κ2) is 11.4. The molecule has 2 N–H and O–H groups in total. The van der Waals surface area contributed by atoms with Crippen molar-refractivity contribution >= 4 is 11.8 Å². The molecule has 2 bridgehead atoms. The molecule has 0 unspecified atom stereocenters. The number of nitrogens with one attached hydrogen (secondary N) is 2. The quantitative estimate of drug-likeness (QED) is 0.603. The Balaban J connectivity index is 1.56. The molecule has 4 rings (SSSR count). The van der Waals surface area contributed by atoms with Crippen LogP contribution in [-0.2, 0) is 13.0 Å². The fourth-order valence-electron chi connectivity index (χ4n) is 4.06. The number of hydrogen-bond acceptors (Lipinski definition) is 4. The minimum Gasteiger partial charge on any atom is -0.496 e. The summed E-state index contributed by atoms with van der Waals surface area (Å²) >= 11 is 0. The number of fused-ring (bicyclic) bond motifs is 3. The standard InChI is InChI=1S/C28H30N2O4/c1-33-25-11-4-3-9-23(25)19-30-28(32)22-12-13-26-24(18-22)17-20-8-7-10-21(16-20)27(31)29-14-5-2-6-15-34-26/h3-4,7-13,16,18H,2,5-6,14-15,17,19H2,1H3,(H,29,31)(H,30,32). The zero-order chi connectivity index (χ0) is 23.8. The summed E-state index contributed by atoms with van der Waals surface area (Å²) in [5, 5.41) is 5.96. The van der Waals surface area contributed by atoms with Crippen LogP contribution < -0.4 is 20.1 Å². The molecule has 0 aromatic heterocycles. The van der Waals surface area contributed by atoms with Crippen LogP contribution in [0.3, 0.4) is 0 Å². The Labute approximate surface area is 200 Å². The average molecular weight is 459 g/mol. The molecule has 6 nitrogen and oxygen atoms in total. The molecule has 0 spiro atoms. The van der Waals surface area contributed by atoms with Gasteiger partial charge in [-0.3, -0.25) is 9.59 Å². The topological polar surface area (TPSA) is 76.7 Å². The van der Waals surface area contributed by atoms with Gasteiger partial charge in [0.05, 0.1) is 13.7 Å². The molecule has 2 amide bonds. The van der Waals surface area contributed by atoms with E-state index >= 15 is 0 Å². The normalized spacial score (nSPS) is 14.1. The van der Waals surface area contributed by atoms with Gasteiger partial charge < -0.3 is 20.1 Å². The van der Waals surface area contributed by atoms with Crippen LogP contribution in [0.5, 0.6) is 11.5 Å². The van der Waals surface area contributed by atoms with E-state index in [2.05, 4.69) is 10.6 Å². The maximum Gasteiger partial charge on any atom is 0.251 e. The highest BCUT2D eigenvalue weighted by atomic mass is 16.5. The van der Waals surface area contributed by atoms with Gasteiger partial charge in [-0.2, -0.15) is 0 Å². The van der Waals surface area contributed by atoms with Gasteiger partial charge in [-0.25, -0.2) is 0 Å². The van der Waals surface area contributed by atoms with Gasteiger partial charge in [-0.1, -0.05) is 30.3 Å². The van der Waals surface area contributed by atoms with Crippen molar-refractivity contribution in [2.75, 3.05) is 20.3 Å². The third-order valence-electron chi connectivity index (χ3n) is 5.90. The SMILES string of the molecule is COc1ccccc1CNC(=O)c1ccc2c(c1)Cc1cccc(c1)C(=O)NCCCCCO2. The molecule has 3 aromatic carbocycles. The molecule has 0 aliphatic carbocycles. The van der Waals surface area contributed by atoms with Gasteiger partial charge in [-0.15, -0.1) is 0 Å². The Morgan fingerprint density at radius 1 is 1.03 bits per heavy atom. The van der Waals surface area contributed by atoms with Gasteiger partial charge in [-0.05, 0) is 66.8 Å². The summed E-state index contributed by atoms with van der Waals surface area (Å²) in [6.45, 7) is 1.63. The van der Waals surface area contributed by atoms with Crippen LogP contribution in [-0.4, -0.2) is 32.1 Å². The number of methoxy groups -OCH3 is 1. The van der Waals surface area contributed by atoms with Crippen LogP contribution in [0.15, 0.2) is 66.7 Å². The average Bonchev–Trinajstić information content (AvgIpc) is 2.87. The van der Waals surface area contributed by atoms with Crippen LogP contribution in [0, 0.1) is 0 Å². The molecular formula is C28H30N2O4. The molecule has 0 atom stereocenters. The molecule has 0 radical (unpaired) electrons. The smallest absolute Gasteiger partial charge is 0.251 e. The molecule has 0 fully saturated rings. The summed E-state index contributed by atoms with van der Waals surface area (Å²) < 4.78 is 11.5. The molecule has 1 aliphatic heterocycles. The number of ether oxygens (including phenoxy) is 2. The number of benzene rings is 3. The molecule has 176 valence electrons. The molecule has 1 aliphatic rings. The van der Waals surface area contributed by atoms with E-state index in [1.807, 2.05) is 60.7 Å². The minimum absolute atomic E-state index is 0.0557. The monoisotopic (exact) mass is 458 g/mol. The predicted octanol–water partition coefficient (Wildman–Crippen LogP) is 4.51. The van der Waals surface area contributed by atoms with Crippen LogP contribution >= 0.6 is 0 Å². The number of rotatable bonds is 4. The second-order valence-corrected chi connectivity index (χ2v) is 8.36. The Morgan fingerprint density at radius 3 is 2.79 bits per heavy atom. The van der Waals surface area contributed by atoms with Crippen molar-refractivity contribution in [3.05, 3.63) is 94.5 Å². The summed E-state index contributed by atoms with van der Waals surface area (Å²) in [6, 6.07) is 20.8. The van der Waals surface area contributed by atoms with Gasteiger partial charge in [0.1, 0.15) is 11.5 Å². The second-order valence-electron chi connectivity index (χ2n) is 8.36. The van der Waals surface area contributed by atoms with E-state index in [4.69, 9.17) is 9.47 Å². The Hall–Kier alpha value is -3.80. The minimum atomic E-state index is -0.166. The first-order chi connectivity index (χ1) is 16.6. The molecule has 3 aromatic rings. The van der Waals surface area contributed by atoms with Crippen LogP contribution in [0.4, 0.5) is 0 Å². The third-order valence-corrected chi connectivity index (χ3v) is 5.90. The van der Waals surface area contributed by atoms with Crippen molar-refractivity contribution in [1.29, 1.82) is 0 Å². The van der Waals surface area contributed by atoms with Gasteiger partial charge in [0.2, 0.25) is 0 Å². The highest BCUT2D eigenvalue weighted by Crippen LogP contribution is 2.25. The van der Waals surface area contributed by atoms with Crippen molar-refractivity contribution in [1.82, 2.24) is 10.6 Å². The summed E-state index contributed by atoms with van der Waals surface area (Å²) in [5.41, 5.74) is 4.02. The summed E-state index contributed by atoms with van der Waals surface area (Å²) in [5.74, 6) is 1.29. The lowest BCUT2D eigenvalue weighted by Gasteiger charge is -2.15. The van der Waals surface area contributed by atoms with E-state index in [-0.39, 0.29) is 11.8 Å². The maximum atomic E-state index is 12.9. The molecule has 6 heteroatoms. The molecule has 1 heterocycles. The Bertz CT molecular complexity index is 1160. The van der Waals surface area contributed by atoms with Gasteiger partial charge in [0.15, 0.2) is 0 Å². The van der Waals surface area contributed by atoms with E-state index in [9.17, 15) is 9.59 Å². The zero-order valence-electron chi connectivity index (χ0n) is 19.4. The number of amides is 2. The van der Waals surface area contributed by atoms with Crippen molar-refractivity contribution in [3.8, 4) is 11.5 Å². The lowest BCUT2D eigenvalue weighted by molar-refractivity contribution is 0.0943. The maximum absolute atomic E-state index is 12.9. The van der Waals surface area contributed by atoms with Crippen LogP contribution in [0.25, 0.3) is 0 Å².